The number of fused-ring (bicyclic) bond motifs is 1. The number of sulfone groups is 1. The number of rotatable bonds is 7. The molecule has 0 radical (unpaired) electrons. The molecule has 1 heterocycles. The first kappa shape index (κ1) is 29.7. The standard InChI is InChI=1S/C26H20F6N2O6S/c1-40-14-3-5-15(6-4-14)41(38,39)20-11-34-19-7-2-12(8-16(19)20)21-13(10-18(33)24(36)37)9-17(25(27,28)29)23(35)22(21)26(30,31)32/h2-9,11,18,34-35H,10,33H2,1H3,(H,36,37)/t18-/m0/s1. The van der Waals surface area contributed by atoms with Crippen LogP contribution in [0.2, 0.25) is 0 Å². The Morgan fingerprint density at radius 2 is 1.66 bits per heavy atom. The Hall–Kier alpha value is -4.24. The lowest BCUT2D eigenvalue weighted by Gasteiger charge is -2.23. The highest BCUT2D eigenvalue weighted by atomic mass is 32.2. The molecule has 0 bridgehead atoms. The van der Waals surface area contributed by atoms with Crippen molar-refractivity contribution < 1.29 is 54.5 Å². The normalized spacial score (nSPS) is 13.4. The van der Waals surface area contributed by atoms with E-state index in [2.05, 4.69) is 4.98 Å². The van der Waals surface area contributed by atoms with Gasteiger partial charge in [0, 0.05) is 22.7 Å². The van der Waals surface area contributed by atoms with Gasteiger partial charge in [-0.25, -0.2) is 8.42 Å². The average molecular weight is 603 g/mol. The Kier molecular flexibility index (Phi) is 7.47. The van der Waals surface area contributed by atoms with Gasteiger partial charge in [-0.15, -0.1) is 0 Å². The van der Waals surface area contributed by atoms with E-state index < -0.39 is 74.2 Å². The summed E-state index contributed by atoms with van der Waals surface area (Å²) >= 11 is 0. The number of nitrogens with two attached hydrogens (primary N) is 1. The third kappa shape index (κ3) is 5.54. The van der Waals surface area contributed by atoms with Crippen LogP contribution in [0.1, 0.15) is 16.7 Å². The van der Waals surface area contributed by atoms with Crippen LogP contribution in [0.5, 0.6) is 11.5 Å². The van der Waals surface area contributed by atoms with E-state index in [0.29, 0.717) is 5.75 Å². The van der Waals surface area contributed by atoms with Gasteiger partial charge in [-0.1, -0.05) is 6.07 Å². The minimum Gasteiger partial charge on any atom is -0.507 e. The second-order valence-corrected chi connectivity index (χ2v) is 10.8. The summed E-state index contributed by atoms with van der Waals surface area (Å²) in [5.74, 6) is -3.45. The molecule has 8 nitrogen and oxygen atoms in total. The number of aromatic hydroxyl groups is 1. The molecule has 0 spiro atoms. The van der Waals surface area contributed by atoms with Gasteiger partial charge >= 0.3 is 18.3 Å². The molecule has 0 unspecified atom stereocenters. The van der Waals surface area contributed by atoms with Crippen LogP contribution >= 0.6 is 0 Å². The molecule has 0 aliphatic rings. The molecule has 1 atom stereocenters. The number of alkyl halides is 6. The minimum atomic E-state index is -5.55. The van der Waals surface area contributed by atoms with Crippen molar-refractivity contribution in [2.75, 3.05) is 7.11 Å². The Morgan fingerprint density at radius 3 is 2.20 bits per heavy atom. The molecule has 1 aromatic heterocycles. The zero-order chi connectivity index (χ0) is 30.5. The van der Waals surface area contributed by atoms with Crippen molar-refractivity contribution in [2.45, 2.75) is 34.6 Å². The zero-order valence-corrected chi connectivity index (χ0v) is 21.6. The number of halogens is 6. The summed E-state index contributed by atoms with van der Waals surface area (Å²) in [5.41, 5.74) is -0.660. The molecular formula is C26H20F6N2O6S. The monoisotopic (exact) mass is 602 g/mol. The van der Waals surface area contributed by atoms with Crippen LogP contribution in [0.25, 0.3) is 22.0 Å². The van der Waals surface area contributed by atoms with Crippen molar-refractivity contribution in [2.24, 2.45) is 5.73 Å². The van der Waals surface area contributed by atoms with Crippen LogP contribution in [-0.4, -0.2) is 42.7 Å². The van der Waals surface area contributed by atoms with E-state index in [9.17, 15) is 49.8 Å². The number of H-pyrrole nitrogens is 1. The van der Waals surface area contributed by atoms with E-state index in [1.165, 1.54) is 37.4 Å². The molecule has 0 saturated carbocycles. The molecular weight excluding hydrogens is 582 g/mol. The number of aromatic nitrogens is 1. The number of phenolic OH excluding ortho intramolecular Hbond substituents is 1. The largest absolute Gasteiger partial charge is 0.507 e. The fraction of sp³-hybridized carbons (Fsp3) is 0.192. The van der Waals surface area contributed by atoms with E-state index in [4.69, 9.17) is 10.5 Å². The molecule has 5 N–H and O–H groups in total. The number of carbonyl (C=O) groups is 1. The van der Waals surface area contributed by atoms with Gasteiger partial charge in [-0.3, -0.25) is 4.79 Å². The molecule has 0 aliphatic carbocycles. The molecule has 218 valence electrons. The number of ether oxygens (including phenoxy) is 1. The average Bonchev–Trinajstić information content (AvgIpc) is 3.32. The van der Waals surface area contributed by atoms with Gasteiger partial charge in [-0.2, -0.15) is 26.3 Å². The van der Waals surface area contributed by atoms with Gasteiger partial charge in [0.1, 0.15) is 23.1 Å². The predicted octanol–water partition coefficient (Wildman–Crippen LogP) is 5.37. The third-order valence-electron chi connectivity index (χ3n) is 6.32. The lowest BCUT2D eigenvalue weighted by atomic mass is 9.87. The first-order chi connectivity index (χ1) is 19.0. The second kappa shape index (κ2) is 10.3. The van der Waals surface area contributed by atoms with Crippen LogP contribution in [0.4, 0.5) is 26.3 Å². The highest BCUT2D eigenvalue weighted by molar-refractivity contribution is 7.91. The Bertz CT molecular complexity index is 1750. The highest BCUT2D eigenvalue weighted by Crippen LogP contribution is 2.50. The summed E-state index contributed by atoms with van der Waals surface area (Å²) < 4.78 is 115. The van der Waals surface area contributed by atoms with E-state index in [1.807, 2.05) is 0 Å². The molecule has 0 aliphatic heterocycles. The van der Waals surface area contributed by atoms with Gasteiger partial charge in [0.05, 0.1) is 22.5 Å². The second-order valence-electron chi connectivity index (χ2n) is 8.92. The predicted molar refractivity (Wildman–Crippen MR) is 133 cm³/mol. The van der Waals surface area contributed by atoms with Crippen molar-refractivity contribution in [3.05, 3.63) is 71.4 Å². The number of hydrogen-bond acceptors (Lipinski definition) is 6. The number of nitrogens with one attached hydrogen (secondary N) is 1. The molecule has 4 aromatic rings. The van der Waals surface area contributed by atoms with Crippen LogP contribution in [0.3, 0.4) is 0 Å². The van der Waals surface area contributed by atoms with E-state index in [-0.39, 0.29) is 26.8 Å². The number of aromatic amines is 1. The Balaban J connectivity index is 2.03. The molecule has 0 amide bonds. The summed E-state index contributed by atoms with van der Waals surface area (Å²) in [6.07, 6.45) is -10.9. The number of methoxy groups -OCH3 is 1. The summed E-state index contributed by atoms with van der Waals surface area (Å²) in [6.45, 7) is 0. The van der Waals surface area contributed by atoms with Gasteiger partial charge in [0.25, 0.3) is 0 Å². The van der Waals surface area contributed by atoms with Crippen LogP contribution < -0.4 is 10.5 Å². The van der Waals surface area contributed by atoms with Crippen LogP contribution in [0.15, 0.2) is 64.5 Å². The zero-order valence-electron chi connectivity index (χ0n) is 20.8. The van der Waals surface area contributed by atoms with Gasteiger partial charge in [-0.05, 0) is 60.0 Å². The van der Waals surface area contributed by atoms with Crippen molar-refractivity contribution in [3.8, 4) is 22.6 Å². The summed E-state index contributed by atoms with van der Waals surface area (Å²) in [7, 11) is -2.89. The van der Waals surface area contributed by atoms with Gasteiger partial charge < -0.3 is 25.7 Å². The number of benzene rings is 3. The molecule has 15 heteroatoms. The lowest BCUT2D eigenvalue weighted by Crippen LogP contribution is -2.32. The first-order valence-corrected chi connectivity index (χ1v) is 13.0. The van der Waals surface area contributed by atoms with Crippen LogP contribution in [-0.2, 0) is 33.4 Å². The third-order valence-corrected chi connectivity index (χ3v) is 8.13. The minimum absolute atomic E-state index is 0.112. The number of aliphatic carboxylic acids is 1. The number of carboxylic acids is 1. The summed E-state index contributed by atoms with van der Waals surface area (Å²) in [5, 5.41) is 19.3. The summed E-state index contributed by atoms with van der Waals surface area (Å²) in [4.78, 5) is 13.5. The maximum Gasteiger partial charge on any atom is 0.420 e. The summed E-state index contributed by atoms with van der Waals surface area (Å²) in [6, 6.07) is 6.83. The number of hydrogen-bond donors (Lipinski definition) is 4. The van der Waals surface area contributed by atoms with Crippen molar-refractivity contribution in [3.63, 3.8) is 0 Å². The quantitative estimate of drug-likeness (QED) is 0.208. The van der Waals surface area contributed by atoms with Gasteiger partial charge in [0.15, 0.2) is 0 Å². The molecule has 4 rings (SSSR count). The van der Waals surface area contributed by atoms with E-state index >= 15 is 0 Å². The molecule has 3 aromatic carbocycles. The SMILES string of the molecule is COc1ccc(S(=O)(=O)c2c[nH]c3ccc(-c4c(C[C@H](N)C(=O)O)cc(C(F)(F)F)c(O)c4C(F)(F)F)cc23)cc1. The van der Waals surface area contributed by atoms with Crippen molar-refractivity contribution in [1.82, 2.24) is 4.98 Å². The fourth-order valence-electron chi connectivity index (χ4n) is 4.39. The van der Waals surface area contributed by atoms with Crippen molar-refractivity contribution in [1.29, 1.82) is 0 Å². The topological polar surface area (TPSA) is 143 Å². The van der Waals surface area contributed by atoms with Crippen molar-refractivity contribution >= 4 is 26.7 Å². The van der Waals surface area contributed by atoms with Crippen LogP contribution in [0, 0.1) is 0 Å². The fourth-order valence-corrected chi connectivity index (χ4v) is 5.81. The molecule has 41 heavy (non-hydrogen) atoms. The maximum atomic E-state index is 14.3. The Morgan fingerprint density at radius 1 is 1.02 bits per heavy atom. The lowest BCUT2D eigenvalue weighted by molar-refractivity contribution is -0.145. The first-order valence-electron chi connectivity index (χ1n) is 11.5. The molecule has 0 fully saturated rings. The maximum absolute atomic E-state index is 14.3. The number of phenols is 1. The molecule has 0 saturated heterocycles. The highest BCUT2D eigenvalue weighted by Gasteiger charge is 2.45. The van der Waals surface area contributed by atoms with E-state index in [0.717, 1.165) is 18.3 Å². The van der Waals surface area contributed by atoms with E-state index in [1.54, 1.807) is 0 Å². The number of carboxylic acid groups (broad SMARTS) is 1. The smallest absolute Gasteiger partial charge is 0.420 e. The Labute approximate surface area is 227 Å². The van der Waals surface area contributed by atoms with Gasteiger partial charge in [0.2, 0.25) is 9.84 Å².